The van der Waals surface area contributed by atoms with Gasteiger partial charge in [-0.1, -0.05) is 6.92 Å². The zero-order valence-electron chi connectivity index (χ0n) is 14.1. The Labute approximate surface area is 146 Å². The van der Waals surface area contributed by atoms with E-state index in [0.29, 0.717) is 42.5 Å². The highest BCUT2D eigenvalue weighted by Crippen LogP contribution is 2.17. The first-order chi connectivity index (χ1) is 12.2. The Morgan fingerprint density at radius 2 is 2.12 bits per heavy atom. The molecular formula is C19H20N2O4. The molecule has 1 aromatic carbocycles. The molecule has 25 heavy (non-hydrogen) atoms. The minimum atomic E-state index is -0.119. The van der Waals surface area contributed by atoms with Crippen LogP contribution in [-0.2, 0) is 11.3 Å². The van der Waals surface area contributed by atoms with Crippen molar-refractivity contribution in [2.24, 2.45) is 0 Å². The largest absolute Gasteiger partial charge is 0.486 e. The predicted molar refractivity (Wildman–Crippen MR) is 90.1 cm³/mol. The zero-order valence-corrected chi connectivity index (χ0v) is 14.1. The Morgan fingerprint density at radius 3 is 2.84 bits per heavy atom. The van der Waals surface area contributed by atoms with Crippen LogP contribution in [0.5, 0.6) is 5.75 Å². The molecule has 1 aromatic heterocycles. The first-order valence-corrected chi connectivity index (χ1v) is 8.32. The van der Waals surface area contributed by atoms with E-state index in [1.165, 1.54) is 0 Å². The van der Waals surface area contributed by atoms with Crippen LogP contribution in [0.1, 0.15) is 35.2 Å². The van der Waals surface area contributed by atoms with E-state index < -0.39 is 0 Å². The van der Waals surface area contributed by atoms with Crippen LogP contribution >= 0.6 is 0 Å². The van der Waals surface area contributed by atoms with Crippen molar-refractivity contribution in [3.05, 3.63) is 53.5 Å². The number of amides is 1. The number of nitriles is 1. The van der Waals surface area contributed by atoms with Crippen molar-refractivity contribution in [3.8, 4) is 11.8 Å². The van der Waals surface area contributed by atoms with Crippen molar-refractivity contribution < 1.29 is 18.7 Å². The van der Waals surface area contributed by atoms with Gasteiger partial charge in [0, 0.05) is 13.1 Å². The van der Waals surface area contributed by atoms with Crippen LogP contribution in [0.4, 0.5) is 0 Å². The Balaban J connectivity index is 1.58. The van der Waals surface area contributed by atoms with Gasteiger partial charge in [-0.2, -0.15) is 5.26 Å². The van der Waals surface area contributed by atoms with Gasteiger partial charge in [-0.25, -0.2) is 0 Å². The summed E-state index contributed by atoms with van der Waals surface area (Å²) in [6.45, 7) is 3.99. The Bertz CT molecular complexity index is 760. The van der Waals surface area contributed by atoms with E-state index in [4.69, 9.17) is 19.2 Å². The Kier molecular flexibility index (Phi) is 5.36. The summed E-state index contributed by atoms with van der Waals surface area (Å²) in [4.78, 5) is 14.3. The van der Waals surface area contributed by atoms with Gasteiger partial charge in [0.25, 0.3) is 5.91 Å². The summed E-state index contributed by atoms with van der Waals surface area (Å²) < 4.78 is 16.8. The molecule has 1 saturated heterocycles. The number of hydrogen-bond donors (Lipinski definition) is 0. The molecule has 0 saturated carbocycles. The van der Waals surface area contributed by atoms with Crippen molar-refractivity contribution in [2.45, 2.75) is 26.1 Å². The van der Waals surface area contributed by atoms with Crippen LogP contribution in [0.3, 0.4) is 0 Å². The summed E-state index contributed by atoms with van der Waals surface area (Å²) in [5, 5.41) is 8.78. The molecular weight excluding hydrogens is 320 g/mol. The number of hydrogen-bond acceptors (Lipinski definition) is 5. The van der Waals surface area contributed by atoms with Crippen LogP contribution in [0.25, 0.3) is 0 Å². The lowest BCUT2D eigenvalue weighted by Crippen LogP contribution is -2.45. The average molecular weight is 340 g/mol. The van der Waals surface area contributed by atoms with Crippen molar-refractivity contribution >= 4 is 5.91 Å². The second-order valence-corrected chi connectivity index (χ2v) is 5.84. The molecule has 1 aliphatic rings. The summed E-state index contributed by atoms with van der Waals surface area (Å²) >= 11 is 0. The molecule has 130 valence electrons. The molecule has 0 bridgehead atoms. The number of carbonyl (C=O) groups is 1. The highest BCUT2D eigenvalue weighted by molar-refractivity contribution is 5.91. The quantitative estimate of drug-likeness (QED) is 0.836. The summed E-state index contributed by atoms with van der Waals surface area (Å²) in [5.74, 6) is 1.41. The first-order valence-electron chi connectivity index (χ1n) is 8.32. The van der Waals surface area contributed by atoms with Crippen LogP contribution in [0.2, 0.25) is 0 Å². The van der Waals surface area contributed by atoms with Gasteiger partial charge in [-0.3, -0.25) is 4.79 Å². The molecule has 1 amide bonds. The molecule has 0 spiro atoms. The van der Waals surface area contributed by atoms with Gasteiger partial charge in [-0.05, 0) is 42.8 Å². The molecule has 1 atom stereocenters. The number of carbonyl (C=O) groups excluding carboxylic acids is 1. The lowest BCUT2D eigenvalue weighted by atomic mass is 10.2. The molecule has 0 aliphatic carbocycles. The fraction of sp³-hybridized carbons (Fsp3) is 0.368. The molecule has 6 nitrogen and oxygen atoms in total. The van der Waals surface area contributed by atoms with Crippen LogP contribution < -0.4 is 4.74 Å². The van der Waals surface area contributed by atoms with Crippen molar-refractivity contribution in [2.75, 3.05) is 19.7 Å². The lowest BCUT2D eigenvalue weighted by molar-refractivity contribution is -0.0236. The fourth-order valence-corrected chi connectivity index (χ4v) is 2.66. The Morgan fingerprint density at radius 1 is 1.32 bits per heavy atom. The van der Waals surface area contributed by atoms with Gasteiger partial charge < -0.3 is 18.8 Å². The molecule has 1 aliphatic heterocycles. The maximum absolute atomic E-state index is 12.5. The standard InChI is InChI=1S/C19H20N2O4/c1-2-15-12-21(9-10-23-15)19(22)18-8-7-17(25-18)13-24-16-5-3-14(11-20)4-6-16/h3-8,15H,2,9-10,12-13H2,1H3. The van der Waals surface area contributed by atoms with Crippen LogP contribution in [0, 0.1) is 11.3 Å². The molecule has 2 aromatic rings. The van der Waals surface area contributed by atoms with Crippen LogP contribution in [0.15, 0.2) is 40.8 Å². The van der Waals surface area contributed by atoms with Gasteiger partial charge in [0.2, 0.25) is 0 Å². The highest BCUT2D eigenvalue weighted by atomic mass is 16.5. The second kappa shape index (κ2) is 7.86. The van der Waals surface area contributed by atoms with E-state index in [9.17, 15) is 4.79 Å². The third-order valence-corrected chi connectivity index (χ3v) is 4.12. The number of nitrogens with zero attached hydrogens (tertiary/aromatic N) is 2. The zero-order chi connectivity index (χ0) is 17.6. The lowest BCUT2D eigenvalue weighted by Gasteiger charge is -2.31. The molecule has 1 unspecified atom stereocenters. The number of ether oxygens (including phenoxy) is 2. The van der Waals surface area contributed by atoms with Gasteiger partial charge >= 0.3 is 0 Å². The highest BCUT2D eigenvalue weighted by Gasteiger charge is 2.25. The van der Waals surface area contributed by atoms with Crippen molar-refractivity contribution in [3.63, 3.8) is 0 Å². The molecule has 1 fully saturated rings. The minimum Gasteiger partial charge on any atom is -0.486 e. The third-order valence-electron chi connectivity index (χ3n) is 4.12. The average Bonchev–Trinajstić information content (AvgIpc) is 3.15. The molecule has 2 heterocycles. The monoisotopic (exact) mass is 340 g/mol. The van der Waals surface area contributed by atoms with E-state index in [0.717, 1.165) is 6.42 Å². The number of morpholine rings is 1. The Hall–Kier alpha value is -2.78. The smallest absolute Gasteiger partial charge is 0.289 e. The normalized spacial score (nSPS) is 17.1. The second-order valence-electron chi connectivity index (χ2n) is 5.84. The van der Waals surface area contributed by atoms with Crippen molar-refractivity contribution in [1.29, 1.82) is 5.26 Å². The first kappa shape index (κ1) is 17.1. The van der Waals surface area contributed by atoms with E-state index in [2.05, 4.69) is 6.07 Å². The van der Waals surface area contributed by atoms with E-state index in [-0.39, 0.29) is 18.6 Å². The number of furan rings is 1. The fourth-order valence-electron chi connectivity index (χ4n) is 2.66. The SMILES string of the molecule is CCC1CN(C(=O)c2ccc(COc3ccc(C#N)cc3)o2)CCO1. The molecule has 6 heteroatoms. The molecule has 3 rings (SSSR count). The van der Waals surface area contributed by atoms with E-state index in [1.807, 2.05) is 6.92 Å². The van der Waals surface area contributed by atoms with Gasteiger partial charge in [0.1, 0.15) is 18.1 Å². The molecule has 0 N–H and O–H groups in total. The summed E-state index contributed by atoms with van der Waals surface area (Å²) in [6, 6.07) is 12.3. The van der Waals surface area contributed by atoms with Crippen molar-refractivity contribution in [1.82, 2.24) is 4.90 Å². The summed E-state index contributed by atoms with van der Waals surface area (Å²) in [7, 11) is 0. The molecule has 0 radical (unpaired) electrons. The minimum absolute atomic E-state index is 0.0897. The topological polar surface area (TPSA) is 75.7 Å². The third kappa shape index (κ3) is 4.20. The number of rotatable bonds is 5. The van der Waals surface area contributed by atoms with E-state index >= 15 is 0 Å². The van der Waals surface area contributed by atoms with Crippen LogP contribution in [-0.4, -0.2) is 36.6 Å². The maximum atomic E-state index is 12.5. The van der Waals surface area contributed by atoms with E-state index in [1.54, 1.807) is 41.3 Å². The maximum Gasteiger partial charge on any atom is 0.289 e. The summed E-state index contributed by atoms with van der Waals surface area (Å²) in [6.07, 6.45) is 0.970. The van der Waals surface area contributed by atoms with Gasteiger partial charge in [-0.15, -0.1) is 0 Å². The number of benzene rings is 1. The summed E-state index contributed by atoms with van der Waals surface area (Å²) in [5.41, 5.74) is 0.578. The van der Waals surface area contributed by atoms with Gasteiger partial charge in [0.15, 0.2) is 5.76 Å². The van der Waals surface area contributed by atoms with Gasteiger partial charge in [0.05, 0.1) is 24.3 Å². The predicted octanol–water partition coefficient (Wildman–Crippen LogP) is 2.98.